The van der Waals surface area contributed by atoms with Crippen molar-refractivity contribution in [3.05, 3.63) is 29.0 Å². The Morgan fingerprint density at radius 1 is 1.47 bits per heavy atom. The van der Waals surface area contributed by atoms with Crippen molar-refractivity contribution in [3.63, 3.8) is 0 Å². The van der Waals surface area contributed by atoms with Gasteiger partial charge < -0.3 is 10.0 Å². The molecule has 2 nitrogen and oxygen atoms in total. The van der Waals surface area contributed by atoms with E-state index in [2.05, 4.69) is 0 Å². The first-order chi connectivity index (χ1) is 7.16. The first-order valence-electron chi connectivity index (χ1n) is 5.05. The molecule has 1 aromatic carbocycles. The largest absolute Gasteiger partial charge is 0.391 e. The molecule has 15 heavy (non-hydrogen) atoms. The number of halogens is 2. The summed E-state index contributed by atoms with van der Waals surface area (Å²) in [7, 11) is 0. The number of rotatable bonds is 1. The van der Waals surface area contributed by atoms with E-state index in [1.807, 2.05) is 4.90 Å². The molecule has 0 saturated carbocycles. The molecule has 1 fully saturated rings. The van der Waals surface area contributed by atoms with Crippen LogP contribution in [-0.4, -0.2) is 24.3 Å². The van der Waals surface area contributed by atoms with Gasteiger partial charge in [-0.1, -0.05) is 11.6 Å². The highest BCUT2D eigenvalue weighted by Gasteiger charge is 2.18. The van der Waals surface area contributed by atoms with Crippen molar-refractivity contribution in [1.29, 1.82) is 0 Å². The maximum atomic E-state index is 12.9. The molecule has 0 bridgehead atoms. The normalized spacial score (nSPS) is 21.8. The van der Waals surface area contributed by atoms with E-state index in [-0.39, 0.29) is 11.1 Å². The van der Waals surface area contributed by atoms with E-state index < -0.39 is 5.82 Å². The van der Waals surface area contributed by atoms with Crippen LogP contribution in [0.25, 0.3) is 0 Å². The molecule has 4 heteroatoms. The van der Waals surface area contributed by atoms with Crippen LogP contribution in [0.15, 0.2) is 18.2 Å². The molecule has 1 N–H and O–H groups in total. The van der Waals surface area contributed by atoms with E-state index in [9.17, 15) is 9.50 Å². The number of nitrogens with zero attached hydrogens (tertiary/aromatic N) is 1. The lowest BCUT2D eigenvalue weighted by atomic mass is 10.1. The summed E-state index contributed by atoms with van der Waals surface area (Å²) in [4.78, 5) is 2.03. The molecule has 0 spiro atoms. The minimum atomic E-state index is -0.405. The van der Waals surface area contributed by atoms with Gasteiger partial charge in [0.05, 0.1) is 11.1 Å². The monoisotopic (exact) mass is 229 g/mol. The smallest absolute Gasteiger partial charge is 0.141 e. The Morgan fingerprint density at radius 3 is 2.93 bits per heavy atom. The van der Waals surface area contributed by atoms with Gasteiger partial charge in [-0.25, -0.2) is 4.39 Å². The highest BCUT2D eigenvalue weighted by atomic mass is 35.5. The number of piperidine rings is 1. The first kappa shape index (κ1) is 10.7. The van der Waals surface area contributed by atoms with Crippen molar-refractivity contribution < 1.29 is 9.50 Å². The van der Waals surface area contributed by atoms with E-state index in [1.165, 1.54) is 6.07 Å². The second-order valence-corrected chi connectivity index (χ2v) is 4.25. The van der Waals surface area contributed by atoms with Gasteiger partial charge in [0.15, 0.2) is 0 Å². The lowest BCUT2D eigenvalue weighted by molar-refractivity contribution is 0.154. The van der Waals surface area contributed by atoms with Crippen LogP contribution in [0.4, 0.5) is 10.1 Å². The highest BCUT2D eigenvalue weighted by Crippen LogP contribution is 2.25. The molecule has 0 aromatic heterocycles. The molecular formula is C11H13ClFNO. The van der Waals surface area contributed by atoms with E-state index in [0.29, 0.717) is 6.54 Å². The van der Waals surface area contributed by atoms with Gasteiger partial charge in [0.25, 0.3) is 0 Å². The minimum Gasteiger partial charge on any atom is -0.391 e. The lowest BCUT2D eigenvalue weighted by Crippen LogP contribution is -2.38. The van der Waals surface area contributed by atoms with Crippen molar-refractivity contribution >= 4 is 17.3 Å². The quantitative estimate of drug-likeness (QED) is 0.800. The molecule has 0 amide bonds. The number of β-amino-alcohol motifs (C(OH)–C–C–N with tert-alkyl or cyclic N) is 1. The van der Waals surface area contributed by atoms with E-state index in [0.717, 1.165) is 25.1 Å². The molecule has 0 aliphatic carbocycles. The molecule has 0 radical (unpaired) electrons. The summed E-state index contributed by atoms with van der Waals surface area (Å²) in [6.45, 7) is 1.49. The van der Waals surface area contributed by atoms with Crippen molar-refractivity contribution in [2.75, 3.05) is 18.0 Å². The Bertz CT molecular complexity index is 358. The van der Waals surface area contributed by atoms with Crippen molar-refractivity contribution in [2.45, 2.75) is 18.9 Å². The van der Waals surface area contributed by atoms with Crippen LogP contribution in [0, 0.1) is 5.82 Å². The van der Waals surface area contributed by atoms with Crippen LogP contribution in [0.1, 0.15) is 12.8 Å². The standard InChI is InChI=1S/C11H13ClFNO/c12-10-6-8(3-4-11(10)13)14-5-1-2-9(15)7-14/h3-4,6,9,15H,1-2,5,7H2. The van der Waals surface area contributed by atoms with E-state index in [4.69, 9.17) is 11.6 Å². The Labute approximate surface area is 93.3 Å². The maximum absolute atomic E-state index is 12.9. The first-order valence-corrected chi connectivity index (χ1v) is 5.42. The third-order valence-electron chi connectivity index (χ3n) is 2.66. The van der Waals surface area contributed by atoms with Crippen LogP contribution in [0.5, 0.6) is 0 Å². The average Bonchev–Trinajstić information content (AvgIpc) is 2.22. The maximum Gasteiger partial charge on any atom is 0.141 e. The Balaban J connectivity index is 2.18. The zero-order chi connectivity index (χ0) is 10.8. The number of anilines is 1. The van der Waals surface area contributed by atoms with Gasteiger partial charge in [-0.15, -0.1) is 0 Å². The number of aliphatic hydroxyl groups is 1. The molecule has 2 rings (SSSR count). The fourth-order valence-electron chi connectivity index (χ4n) is 1.87. The summed E-state index contributed by atoms with van der Waals surface area (Å²) in [6.07, 6.45) is 1.50. The molecule has 1 heterocycles. The number of hydrogen-bond acceptors (Lipinski definition) is 2. The van der Waals surface area contributed by atoms with Gasteiger partial charge in [0.2, 0.25) is 0 Å². The van der Waals surface area contributed by atoms with E-state index >= 15 is 0 Å². The Hall–Kier alpha value is -0.800. The van der Waals surface area contributed by atoms with E-state index in [1.54, 1.807) is 12.1 Å². The summed E-state index contributed by atoms with van der Waals surface area (Å²) >= 11 is 5.71. The Kier molecular flexibility index (Phi) is 3.12. The molecule has 1 aliphatic rings. The molecular weight excluding hydrogens is 217 g/mol. The topological polar surface area (TPSA) is 23.5 Å². The predicted octanol–water partition coefficient (Wildman–Crippen LogP) is 2.44. The molecule has 82 valence electrons. The van der Waals surface area contributed by atoms with Crippen LogP contribution < -0.4 is 4.90 Å². The Morgan fingerprint density at radius 2 is 2.27 bits per heavy atom. The van der Waals surface area contributed by atoms with Gasteiger partial charge in [-0.2, -0.15) is 0 Å². The molecule has 1 atom stereocenters. The lowest BCUT2D eigenvalue weighted by Gasteiger charge is -2.32. The third-order valence-corrected chi connectivity index (χ3v) is 2.95. The molecule has 1 aromatic rings. The van der Waals surface area contributed by atoms with Crippen LogP contribution >= 0.6 is 11.6 Å². The van der Waals surface area contributed by atoms with Crippen molar-refractivity contribution in [1.82, 2.24) is 0 Å². The third kappa shape index (κ3) is 2.41. The number of aliphatic hydroxyl groups excluding tert-OH is 1. The zero-order valence-corrected chi connectivity index (χ0v) is 9.04. The fraction of sp³-hybridized carbons (Fsp3) is 0.455. The van der Waals surface area contributed by atoms with Crippen molar-refractivity contribution in [2.24, 2.45) is 0 Å². The summed E-state index contributed by atoms with van der Waals surface area (Å²) in [5.74, 6) is -0.405. The van der Waals surface area contributed by atoms with Gasteiger partial charge in [-0.3, -0.25) is 0 Å². The summed E-state index contributed by atoms with van der Waals surface area (Å²) < 4.78 is 12.9. The highest BCUT2D eigenvalue weighted by molar-refractivity contribution is 6.31. The van der Waals surface area contributed by atoms with Gasteiger partial charge in [0.1, 0.15) is 5.82 Å². The second kappa shape index (κ2) is 4.37. The molecule has 1 aliphatic heterocycles. The van der Waals surface area contributed by atoms with Crippen LogP contribution in [0.3, 0.4) is 0 Å². The number of hydrogen-bond donors (Lipinski definition) is 1. The van der Waals surface area contributed by atoms with Gasteiger partial charge in [-0.05, 0) is 31.0 Å². The summed E-state index contributed by atoms with van der Waals surface area (Å²) in [6, 6.07) is 4.66. The molecule has 1 unspecified atom stereocenters. The second-order valence-electron chi connectivity index (χ2n) is 3.84. The van der Waals surface area contributed by atoms with Gasteiger partial charge >= 0.3 is 0 Å². The SMILES string of the molecule is OC1CCCN(c2ccc(F)c(Cl)c2)C1. The number of benzene rings is 1. The van der Waals surface area contributed by atoms with Crippen LogP contribution in [-0.2, 0) is 0 Å². The zero-order valence-electron chi connectivity index (χ0n) is 8.29. The molecule has 1 saturated heterocycles. The summed E-state index contributed by atoms with van der Waals surface area (Å²) in [5.41, 5.74) is 0.875. The van der Waals surface area contributed by atoms with Crippen molar-refractivity contribution in [3.8, 4) is 0 Å². The average molecular weight is 230 g/mol. The van der Waals surface area contributed by atoms with Crippen LogP contribution in [0.2, 0.25) is 5.02 Å². The summed E-state index contributed by atoms with van der Waals surface area (Å²) in [5, 5.41) is 9.65. The fourth-order valence-corrected chi connectivity index (χ4v) is 2.05. The predicted molar refractivity (Wildman–Crippen MR) is 58.9 cm³/mol. The van der Waals surface area contributed by atoms with Gasteiger partial charge in [0, 0.05) is 18.8 Å². The minimum absolute atomic E-state index is 0.132.